The summed E-state index contributed by atoms with van der Waals surface area (Å²) >= 11 is 3.41. The highest BCUT2D eigenvalue weighted by Gasteiger charge is 2.33. The van der Waals surface area contributed by atoms with Crippen molar-refractivity contribution < 1.29 is 28.6 Å². The van der Waals surface area contributed by atoms with E-state index in [1.54, 1.807) is 18.2 Å². The maximum absolute atomic E-state index is 12.8. The summed E-state index contributed by atoms with van der Waals surface area (Å²) in [6.45, 7) is 4.02. The summed E-state index contributed by atoms with van der Waals surface area (Å²) in [6, 6.07) is 10.5. The molecule has 2 aromatic carbocycles. The second kappa shape index (κ2) is 10.3. The first kappa shape index (κ1) is 23.3. The number of hydrogen-bond acceptors (Lipinski definition) is 6. The molecule has 1 heterocycles. The lowest BCUT2D eigenvalue weighted by atomic mass is 10.1. The maximum atomic E-state index is 12.8. The lowest BCUT2D eigenvalue weighted by Crippen LogP contribution is -2.30. The predicted molar refractivity (Wildman–Crippen MR) is 121 cm³/mol. The minimum atomic E-state index is -0.529. The van der Waals surface area contributed by atoms with Gasteiger partial charge in [0.25, 0.3) is 5.91 Å². The van der Waals surface area contributed by atoms with Gasteiger partial charge >= 0.3 is 12.0 Å². The molecule has 3 amide bonds. The standard InChI is InChI=1S/C23H23BrN2O6/c1-4-31-19-11-16(9-17(24)21(19)32-13-20(27)30-3)10-18-22(28)26(23(29)25-18)12-15-7-5-6-14(2)8-15/h5-11H,4,12-13H2,1-3H3,(H,25,29)/b18-10+. The van der Waals surface area contributed by atoms with Crippen molar-refractivity contribution in [3.8, 4) is 11.5 Å². The monoisotopic (exact) mass is 502 g/mol. The number of nitrogens with one attached hydrogen (secondary N) is 1. The molecular formula is C23H23BrN2O6. The molecule has 0 unspecified atom stereocenters. The van der Waals surface area contributed by atoms with E-state index in [0.717, 1.165) is 16.0 Å². The van der Waals surface area contributed by atoms with Gasteiger partial charge < -0.3 is 19.5 Å². The first-order chi connectivity index (χ1) is 15.3. The Labute approximate surface area is 194 Å². The summed E-state index contributed by atoms with van der Waals surface area (Å²) in [5, 5.41) is 2.62. The molecule has 0 aliphatic carbocycles. The van der Waals surface area contributed by atoms with E-state index in [4.69, 9.17) is 9.47 Å². The Kier molecular flexibility index (Phi) is 7.53. The van der Waals surface area contributed by atoms with Gasteiger partial charge in [-0.15, -0.1) is 0 Å². The fraction of sp³-hybridized carbons (Fsp3) is 0.261. The van der Waals surface area contributed by atoms with Gasteiger partial charge in [-0.2, -0.15) is 0 Å². The van der Waals surface area contributed by atoms with Gasteiger partial charge in [-0.25, -0.2) is 9.59 Å². The molecule has 0 radical (unpaired) electrons. The van der Waals surface area contributed by atoms with E-state index in [2.05, 4.69) is 26.0 Å². The molecule has 1 fully saturated rings. The van der Waals surface area contributed by atoms with Crippen molar-refractivity contribution in [1.82, 2.24) is 10.2 Å². The minimum absolute atomic E-state index is 0.153. The number of aryl methyl sites for hydroxylation is 1. The zero-order chi connectivity index (χ0) is 23.3. The zero-order valence-corrected chi connectivity index (χ0v) is 19.5. The number of halogens is 1. The van der Waals surface area contributed by atoms with E-state index >= 15 is 0 Å². The van der Waals surface area contributed by atoms with Crippen molar-refractivity contribution in [3.63, 3.8) is 0 Å². The molecule has 32 heavy (non-hydrogen) atoms. The van der Waals surface area contributed by atoms with E-state index < -0.39 is 17.9 Å². The summed E-state index contributed by atoms with van der Waals surface area (Å²) in [7, 11) is 1.27. The molecule has 8 nitrogen and oxygen atoms in total. The molecule has 0 bridgehead atoms. The van der Waals surface area contributed by atoms with Crippen LogP contribution in [0.2, 0.25) is 0 Å². The van der Waals surface area contributed by atoms with Crippen LogP contribution in [0.5, 0.6) is 11.5 Å². The van der Waals surface area contributed by atoms with E-state index in [9.17, 15) is 14.4 Å². The SMILES string of the molecule is CCOc1cc(/C=C2/NC(=O)N(Cc3cccc(C)c3)C2=O)cc(Br)c1OCC(=O)OC. The molecule has 1 N–H and O–H groups in total. The van der Waals surface area contributed by atoms with Crippen LogP contribution >= 0.6 is 15.9 Å². The number of imide groups is 1. The summed E-state index contributed by atoms with van der Waals surface area (Å²) in [6.07, 6.45) is 1.56. The van der Waals surface area contributed by atoms with Crippen molar-refractivity contribution in [1.29, 1.82) is 0 Å². The van der Waals surface area contributed by atoms with Crippen LogP contribution in [-0.2, 0) is 20.9 Å². The summed E-state index contributed by atoms with van der Waals surface area (Å²) in [5.74, 6) is -0.233. The summed E-state index contributed by atoms with van der Waals surface area (Å²) in [4.78, 5) is 37.8. The molecule has 1 aliphatic heterocycles. The molecule has 1 aliphatic rings. The average Bonchev–Trinajstić information content (AvgIpc) is 3.00. The first-order valence-corrected chi connectivity index (χ1v) is 10.7. The van der Waals surface area contributed by atoms with E-state index in [1.807, 2.05) is 38.1 Å². The van der Waals surface area contributed by atoms with Crippen molar-refractivity contribution in [2.75, 3.05) is 20.3 Å². The number of rotatable bonds is 8. The highest BCUT2D eigenvalue weighted by molar-refractivity contribution is 9.10. The topological polar surface area (TPSA) is 94.2 Å². The molecule has 1 saturated heterocycles. The second-order valence-corrected chi connectivity index (χ2v) is 7.85. The molecule has 168 valence electrons. The number of amides is 3. The average molecular weight is 503 g/mol. The van der Waals surface area contributed by atoms with E-state index in [0.29, 0.717) is 28.1 Å². The number of carbonyl (C=O) groups is 3. The van der Waals surface area contributed by atoms with Crippen LogP contribution in [0.3, 0.4) is 0 Å². The smallest absolute Gasteiger partial charge is 0.343 e. The van der Waals surface area contributed by atoms with Crippen molar-refractivity contribution in [3.05, 3.63) is 63.3 Å². The number of methoxy groups -OCH3 is 1. The fourth-order valence-electron chi connectivity index (χ4n) is 3.14. The largest absolute Gasteiger partial charge is 0.490 e. The molecule has 0 atom stereocenters. The third kappa shape index (κ3) is 5.47. The minimum Gasteiger partial charge on any atom is -0.490 e. The Hall–Kier alpha value is -3.33. The number of carbonyl (C=O) groups excluding carboxylic acids is 3. The van der Waals surface area contributed by atoms with Crippen LogP contribution in [0.25, 0.3) is 6.08 Å². The highest BCUT2D eigenvalue weighted by atomic mass is 79.9. The normalized spacial score (nSPS) is 14.5. The van der Waals surface area contributed by atoms with E-state index in [-0.39, 0.29) is 18.8 Å². The first-order valence-electron chi connectivity index (χ1n) is 9.88. The lowest BCUT2D eigenvalue weighted by molar-refractivity contribution is -0.143. The van der Waals surface area contributed by atoms with Gasteiger partial charge in [0.2, 0.25) is 0 Å². The van der Waals surface area contributed by atoms with Crippen molar-refractivity contribution in [2.45, 2.75) is 20.4 Å². The van der Waals surface area contributed by atoms with Gasteiger partial charge in [-0.05, 0) is 59.1 Å². The van der Waals surface area contributed by atoms with Crippen LogP contribution < -0.4 is 14.8 Å². The Morgan fingerprint density at radius 1 is 1.19 bits per heavy atom. The number of ether oxygens (including phenoxy) is 3. The van der Waals surface area contributed by atoms with Gasteiger partial charge in [0.15, 0.2) is 18.1 Å². The maximum Gasteiger partial charge on any atom is 0.343 e. The van der Waals surface area contributed by atoms with Crippen LogP contribution in [0, 0.1) is 6.92 Å². The zero-order valence-electron chi connectivity index (χ0n) is 17.9. The quantitative estimate of drug-likeness (QED) is 0.335. The molecule has 0 aromatic heterocycles. The van der Waals surface area contributed by atoms with Crippen LogP contribution in [0.15, 0.2) is 46.6 Å². The third-order valence-electron chi connectivity index (χ3n) is 4.59. The highest BCUT2D eigenvalue weighted by Crippen LogP contribution is 2.37. The predicted octanol–water partition coefficient (Wildman–Crippen LogP) is 3.80. The van der Waals surface area contributed by atoms with Crippen LogP contribution in [-0.4, -0.2) is 43.1 Å². The van der Waals surface area contributed by atoms with Gasteiger partial charge in [0, 0.05) is 0 Å². The molecule has 0 spiro atoms. The molecular weight excluding hydrogens is 480 g/mol. The van der Waals surface area contributed by atoms with Crippen LogP contribution in [0.4, 0.5) is 4.79 Å². The van der Waals surface area contributed by atoms with Gasteiger partial charge in [-0.1, -0.05) is 29.8 Å². The van der Waals surface area contributed by atoms with Crippen molar-refractivity contribution in [2.24, 2.45) is 0 Å². The van der Waals surface area contributed by atoms with E-state index in [1.165, 1.54) is 7.11 Å². The van der Waals surface area contributed by atoms with Crippen molar-refractivity contribution >= 4 is 39.9 Å². The Balaban J connectivity index is 1.84. The molecule has 0 saturated carbocycles. The Bertz CT molecular complexity index is 1080. The summed E-state index contributed by atoms with van der Waals surface area (Å²) < 4.78 is 16.3. The third-order valence-corrected chi connectivity index (χ3v) is 5.18. The summed E-state index contributed by atoms with van der Waals surface area (Å²) in [5.41, 5.74) is 2.67. The number of urea groups is 1. The lowest BCUT2D eigenvalue weighted by Gasteiger charge is -2.14. The fourth-order valence-corrected chi connectivity index (χ4v) is 3.71. The van der Waals surface area contributed by atoms with Gasteiger partial charge in [-0.3, -0.25) is 9.69 Å². The molecule has 3 rings (SSSR count). The number of nitrogens with zero attached hydrogens (tertiary/aromatic N) is 1. The van der Waals surface area contributed by atoms with Gasteiger partial charge in [0.05, 0.1) is 24.7 Å². The van der Waals surface area contributed by atoms with Crippen LogP contribution in [0.1, 0.15) is 23.6 Å². The number of hydrogen-bond donors (Lipinski definition) is 1. The molecule has 2 aromatic rings. The Morgan fingerprint density at radius 2 is 1.97 bits per heavy atom. The molecule has 9 heteroatoms. The number of benzene rings is 2. The Morgan fingerprint density at radius 3 is 2.66 bits per heavy atom. The second-order valence-electron chi connectivity index (χ2n) is 7.00. The van der Waals surface area contributed by atoms with Gasteiger partial charge in [0.1, 0.15) is 5.70 Å². The number of esters is 1.